The van der Waals surface area contributed by atoms with Crippen LogP contribution in [0, 0.1) is 0 Å². The second-order valence-corrected chi connectivity index (χ2v) is 7.00. The molecule has 0 atom stereocenters. The zero-order chi connectivity index (χ0) is 17.5. The summed E-state index contributed by atoms with van der Waals surface area (Å²) < 4.78 is 0. The summed E-state index contributed by atoms with van der Waals surface area (Å²) in [5.41, 5.74) is 9.08. The number of hydrogen-bond acceptors (Lipinski definition) is 2. The summed E-state index contributed by atoms with van der Waals surface area (Å²) in [5.74, 6) is 0.249. The first-order valence-corrected chi connectivity index (χ1v) is 9.41. The number of aryl methyl sites for hydroxylation is 1. The molecule has 0 unspecified atom stereocenters. The predicted octanol–water partition coefficient (Wildman–Crippen LogP) is 4.56. The van der Waals surface area contributed by atoms with Crippen molar-refractivity contribution in [2.24, 2.45) is 0 Å². The summed E-state index contributed by atoms with van der Waals surface area (Å²) in [6.45, 7) is 0.717. The molecule has 3 nitrogen and oxygen atoms in total. The summed E-state index contributed by atoms with van der Waals surface area (Å²) in [5, 5.41) is 0. The van der Waals surface area contributed by atoms with Crippen LogP contribution in [0.3, 0.4) is 0 Å². The highest BCUT2D eigenvalue weighted by molar-refractivity contribution is 5.77. The largest absolute Gasteiger partial charge is 0.399 e. The van der Waals surface area contributed by atoms with Crippen molar-refractivity contribution in [3.63, 3.8) is 0 Å². The van der Waals surface area contributed by atoms with E-state index in [2.05, 4.69) is 17.0 Å². The van der Waals surface area contributed by atoms with Gasteiger partial charge in [-0.15, -0.1) is 0 Å². The number of anilines is 1. The number of para-hydroxylation sites is 1. The number of nitrogens with zero attached hydrogens (tertiary/aromatic N) is 1. The average molecular weight is 336 g/mol. The Morgan fingerprint density at radius 1 is 0.960 bits per heavy atom. The van der Waals surface area contributed by atoms with Gasteiger partial charge in [-0.05, 0) is 36.5 Å². The average Bonchev–Trinajstić information content (AvgIpc) is 2.67. The number of benzene rings is 2. The molecule has 3 heteroatoms. The van der Waals surface area contributed by atoms with Gasteiger partial charge in [-0.3, -0.25) is 4.79 Å². The first-order chi connectivity index (χ1) is 12.2. The molecule has 2 aromatic carbocycles. The molecule has 0 saturated heterocycles. The normalized spacial score (nSPS) is 15.0. The number of nitrogen functional groups attached to an aromatic ring is 1. The van der Waals surface area contributed by atoms with Crippen molar-refractivity contribution in [3.05, 3.63) is 65.7 Å². The van der Waals surface area contributed by atoms with E-state index >= 15 is 0 Å². The molecule has 1 saturated carbocycles. The van der Waals surface area contributed by atoms with E-state index < -0.39 is 0 Å². The molecule has 1 amide bonds. The lowest BCUT2D eigenvalue weighted by Crippen LogP contribution is -2.41. The number of carbonyl (C=O) groups excluding carboxylic acids is 1. The lowest BCUT2D eigenvalue weighted by molar-refractivity contribution is -0.134. The van der Waals surface area contributed by atoms with E-state index in [4.69, 9.17) is 5.73 Å². The van der Waals surface area contributed by atoms with Crippen molar-refractivity contribution in [2.45, 2.75) is 57.5 Å². The Balaban J connectivity index is 1.69. The van der Waals surface area contributed by atoms with Crippen LogP contribution in [-0.4, -0.2) is 16.8 Å². The molecule has 25 heavy (non-hydrogen) atoms. The monoisotopic (exact) mass is 336 g/mol. The molecule has 0 heterocycles. The Morgan fingerprint density at radius 2 is 1.64 bits per heavy atom. The summed E-state index contributed by atoms with van der Waals surface area (Å²) >= 11 is 0. The zero-order valence-corrected chi connectivity index (χ0v) is 14.9. The van der Waals surface area contributed by atoms with Gasteiger partial charge in [-0.2, -0.15) is 0 Å². The van der Waals surface area contributed by atoms with E-state index in [1.54, 1.807) is 0 Å². The van der Waals surface area contributed by atoms with Crippen molar-refractivity contribution >= 4 is 11.6 Å². The molecular weight excluding hydrogens is 308 g/mol. The summed E-state index contributed by atoms with van der Waals surface area (Å²) in [6.07, 6.45) is 7.26. The van der Waals surface area contributed by atoms with Crippen molar-refractivity contribution < 1.29 is 4.79 Å². The molecule has 1 aliphatic rings. The summed E-state index contributed by atoms with van der Waals surface area (Å²) in [4.78, 5) is 15.1. The maximum atomic E-state index is 13.0. The van der Waals surface area contributed by atoms with Crippen LogP contribution in [0.5, 0.6) is 0 Å². The van der Waals surface area contributed by atoms with Gasteiger partial charge in [0.1, 0.15) is 0 Å². The first-order valence-electron chi connectivity index (χ1n) is 9.41. The number of rotatable bonds is 6. The first kappa shape index (κ1) is 17.5. The minimum Gasteiger partial charge on any atom is -0.399 e. The lowest BCUT2D eigenvalue weighted by Gasteiger charge is -2.34. The van der Waals surface area contributed by atoms with Gasteiger partial charge in [0.05, 0.1) is 0 Å². The molecule has 1 fully saturated rings. The van der Waals surface area contributed by atoms with Crippen LogP contribution < -0.4 is 5.73 Å². The van der Waals surface area contributed by atoms with Gasteiger partial charge in [0.2, 0.25) is 5.91 Å². The van der Waals surface area contributed by atoms with Crippen LogP contribution in [0.4, 0.5) is 5.69 Å². The number of carbonyl (C=O) groups is 1. The Morgan fingerprint density at radius 3 is 2.36 bits per heavy atom. The van der Waals surface area contributed by atoms with Crippen molar-refractivity contribution in [2.75, 3.05) is 5.73 Å². The number of hydrogen-bond donors (Lipinski definition) is 1. The van der Waals surface area contributed by atoms with E-state index in [0.29, 0.717) is 25.4 Å². The highest BCUT2D eigenvalue weighted by Gasteiger charge is 2.25. The quantitative estimate of drug-likeness (QED) is 0.786. The van der Waals surface area contributed by atoms with Crippen molar-refractivity contribution in [1.82, 2.24) is 4.90 Å². The molecule has 0 aromatic heterocycles. The van der Waals surface area contributed by atoms with Gasteiger partial charge in [0.25, 0.3) is 0 Å². The minimum atomic E-state index is 0.249. The van der Waals surface area contributed by atoms with E-state index in [1.807, 2.05) is 42.5 Å². The molecule has 2 N–H and O–H groups in total. The Hall–Kier alpha value is -2.29. The highest BCUT2D eigenvalue weighted by Crippen LogP contribution is 2.25. The van der Waals surface area contributed by atoms with Gasteiger partial charge in [-0.25, -0.2) is 0 Å². The molecule has 1 aliphatic carbocycles. The molecule has 3 rings (SSSR count). The minimum absolute atomic E-state index is 0.249. The van der Waals surface area contributed by atoms with Gasteiger partial charge >= 0.3 is 0 Å². The van der Waals surface area contributed by atoms with Gasteiger partial charge in [0.15, 0.2) is 0 Å². The lowest BCUT2D eigenvalue weighted by atomic mass is 9.93. The Labute approximate surface area is 150 Å². The topological polar surface area (TPSA) is 46.3 Å². The fourth-order valence-electron chi connectivity index (χ4n) is 3.74. The Kier molecular flexibility index (Phi) is 6.10. The van der Waals surface area contributed by atoms with Crippen LogP contribution in [0.25, 0.3) is 0 Å². The van der Waals surface area contributed by atoms with Crippen LogP contribution in [0.15, 0.2) is 54.6 Å². The van der Waals surface area contributed by atoms with Crippen LogP contribution in [-0.2, 0) is 17.8 Å². The van der Waals surface area contributed by atoms with E-state index in [1.165, 1.54) is 24.8 Å². The third kappa shape index (κ3) is 4.85. The van der Waals surface area contributed by atoms with Gasteiger partial charge < -0.3 is 10.6 Å². The molecule has 0 spiro atoms. The van der Waals surface area contributed by atoms with Crippen molar-refractivity contribution in [1.29, 1.82) is 0 Å². The number of nitrogens with two attached hydrogens (primary N) is 1. The summed E-state index contributed by atoms with van der Waals surface area (Å²) in [6, 6.07) is 18.6. The zero-order valence-electron chi connectivity index (χ0n) is 14.9. The molecule has 0 bridgehead atoms. The number of amides is 1. The fraction of sp³-hybridized carbons (Fsp3) is 0.409. The SMILES string of the molecule is Nc1ccccc1CCC(=O)N(Cc1ccccc1)C1CCCCC1. The fourth-order valence-corrected chi connectivity index (χ4v) is 3.74. The molecule has 132 valence electrons. The standard InChI is InChI=1S/C22H28N2O/c23-21-14-8-7-11-19(21)15-16-22(25)24(20-12-5-2-6-13-20)17-18-9-3-1-4-10-18/h1,3-4,7-11,14,20H,2,5-6,12-13,15-17,23H2. The van der Waals surface area contributed by atoms with E-state index in [-0.39, 0.29) is 5.91 Å². The third-order valence-electron chi connectivity index (χ3n) is 5.19. The van der Waals surface area contributed by atoms with Gasteiger partial charge in [0, 0.05) is 24.7 Å². The molecular formula is C22H28N2O. The third-order valence-corrected chi connectivity index (χ3v) is 5.19. The Bertz CT molecular complexity index is 677. The van der Waals surface area contributed by atoms with Crippen LogP contribution in [0.1, 0.15) is 49.7 Å². The second kappa shape index (κ2) is 8.70. The maximum absolute atomic E-state index is 13.0. The predicted molar refractivity (Wildman–Crippen MR) is 103 cm³/mol. The van der Waals surface area contributed by atoms with E-state index in [0.717, 1.165) is 24.1 Å². The highest BCUT2D eigenvalue weighted by atomic mass is 16.2. The summed E-state index contributed by atoms with van der Waals surface area (Å²) in [7, 11) is 0. The smallest absolute Gasteiger partial charge is 0.223 e. The van der Waals surface area contributed by atoms with Gasteiger partial charge in [-0.1, -0.05) is 67.8 Å². The van der Waals surface area contributed by atoms with Crippen molar-refractivity contribution in [3.8, 4) is 0 Å². The second-order valence-electron chi connectivity index (χ2n) is 7.00. The van der Waals surface area contributed by atoms with E-state index in [9.17, 15) is 4.79 Å². The molecule has 0 aliphatic heterocycles. The molecule has 0 radical (unpaired) electrons. The van der Waals surface area contributed by atoms with Crippen LogP contribution >= 0.6 is 0 Å². The maximum Gasteiger partial charge on any atom is 0.223 e. The molecule has 2 aromatic rings. The van der Waals surface area contributed by atoms with Crippen LogP contribution in [0.2, 0.25) is 0 Å².